The minimum atomic E-state index is -0.676. The number of fused-ring (bicyclic) bond motifs is 3. The van der Waals surface area contributed by atoms with Crippen LogP contribution in [0.25, 0.3) is 10.9 Å². The fourth-order valence-corrected chi connectivity index (χ4v) is 3.99. The Labute approximate surface area is 151 Å². The van der Waals surface area contributed by atoms with Gasteiger partial charge in [0.25, 0.3) is 0 Å². The summed E-state index contributed by atoms with van der Waals surface area (Å²) < 4.78 is 8.81. The molecule has 0 spiro atoms. The van der Waals surface area contributed by atoms with Crippen LogP contribution in [0.15, 0.2) is 84.9 Å². The molecule has 0 N–H and O–H groups in total. The van der Waals surface area contributed by atoms with Gasteiger partial charge in [-0.05, 0) is 24.3 Å². The van der Waals surface area contributed by atoms with Crippen LogP contribution in [0, 0.1) is 0 Å². The number of benzene rings is 3. The zero-order valence-corrected chi connectivity index (χ0v) is 14.3. The van der Waals surface area contributed by atoms with Gasteiger partial charge in [0.1, 0.15) is 0 Å². The molecule has 1 aromatic heterocycles. The molecule has 2 heterocycles. The number of hydrogen-bond donors (Lipinski definition) is 0. The Morgan fingerprint density at radius 1 is 0.800 bits per heavy atom. The monoisotopic (exact) mass is 345 g/mol. The van der Waals surface area contributed by atoms with E-state index in [1.165, 1.54) is 16.6 Å². The Hall–Kier alpha value is -2.55. The molecule has 0 aliphatic carbocycles. The van der Waals surface area contributed by atoms with E-state index < -0.39 is 5.72 Å². The lowest BCUT2D eigenvalue weighted by Gasteiger charge is -2.33. The highest BCUT2D eigenvalue weighted by Crippen LogP contribution is 2.45. The van der Waals surface area contributed by atoms with Gasteiger partial charge >= 0.3 is 0 Å². The Morgan fingerprint density at radius 2 is 1.48 bits per heavy atom. The number of halogens is 1. The lowest BCUT2D eigenvalue weighted by atomic mass is 9.94. The van der Waals surface area contributed by atoms with Crippen LogP contribution in [-0.2, 0) is 17.1 Å². The molecule has 1 aliphatic rings. The highest BCUT2D eigenvalue weighted by molar-refractivity contribution is 6.30. The summed E-state index contributed by atoms with van der Waals surface area (Å²) in [4.78, 5) is 0. The summed E-state index contributed by atoms with van der Waals surface area (Å²) in [7, 11) is 0. The lowest BCUT2D eigenvalue weighted by Crippen LogP contribution is -2.34. The molecule has 5 rings (SSSR count). The topological polar surface area (TPSA) is 14.2 Å². The maximum absolute atomic E-state index is 6.49. The highest BCUT2D eigenvalue weighted by Gasteiger charge is 2.44. The molecule has 0 radical (unpaired) electrons. The summed E-state index contributed by atoms with van der Waals surface area (Å²) in [5, 5.41) is 1.96. The van der Waals surface area contributed by atoms with E-state index in [4.69, 9.17) is 16.3 Å². The van der Waals surface area contributed by atoms with Gasteiger partial charge in [0, 0.05) is 27.2 Å². The van der Waals surface area contributed by atoms with Crippen molar-refractivity contribution < 1.29 is 4.74 Å². The summed E-state index contributed by atoms with van der Waals surface area (Å²) >= 11 is 6.14. The second-order valence-corrected chi connectivity index (χ2v) is 6.77. The molecule has 0 amide bonds. The zero-order chi connectivity index (χ0) is 16.9. The molecule has 2 nitrogen and oxygen atoms in total. The molecule has 1 atom stereocenters. The Kier molecular flexibility index (Phi) is 3.24. The Balaban J connectivity index is 1.87. The van der Waals surface area contributed by atoms with E-state index in [1.807, 2.05) is 18.2 Å². The number of rotatable bonds is 2. The molecule has 0 fully saturated rings. The van der Waals surface area contributed by atoms with Crippen LogP contribution in [0.3, 0.4) is 0 Å². The average molecular weight is 346 g/mol. The quantitative estimate of drug-likeness (QED) is 0.463. The minimum Gasteiger partial charge on any atom is -0.341 e. The van der Waals surface area contributed by atoms with E-state index in [0.717, 1.165) is 16.1 Å². The second kappa shape index (κ2) is 5.48. The van der Waals surface area contributed by atoms with E-state index in [1.54, 1.807) is 0 Å². The molecule has 1 aliphatic heterocycles. The molecule has 3 heteroatoms. The number of nitrogens with zero attached hydrogens (tertiary/aromatic N) is 1. The predicted molar refractivity (Wildman–Crippen MR) is 101 cm³/mol. The second-order valence-electron chi connectivity index (χ2n) is 6.34. The van der Waals surface area contributed by atoms with E-state index in [9.17, 15) is 0 Å². The molecule has 0 saturated heterocycles. The van der Waals surface area contributed by atoms with Crippen molar-refractivity contribution in [3.05, 3.63) is 107 Å². The van der Waals surface area contributed by atoms with Gasteiger partial charge in [0.15, 0.2) is 5.72 Å². The van der Waals surface area contributed by atoms with E-state index in [-0.39, 0.29) is 0 Å². The third kappa shape index (κ3) is 2.08. The fourth-order valence-electron chi connectivity index (χ4n) is 3.86. The van der Waals surface area contributed by atoms with Crippen LogP contribution in [0.4, 0.5) is 0 Å². The number of para-hydroxylation sites is 1. The number of hydrogen-bond acceptors (Lipinski definition) is 1. The highest BCUT2D eigenvalue weighted by atomic mass is 35.5. The van der Waals surface area contributed by atoms with Crippen molar-refractivity contribution in [1.29, 1.82) is 0 Å². The van der Waals surface area contributed by atoms with Crippen LogP contribution >= 0.6 is 11.6 Å². The minimum absolute atomic E-state index is 0.576. The summed E-state index contributed by atoms with van der Waals surface area (Å²) in [6.07, 6.45) is 0. The van der Waals surface area contributed by atoms with Gasteiger partial charge in [-0.1, -0.05) is 72.3 Å². The van der Waals surface area contributed by atoms with Gasteiger partial charge in [-0.2, -0.15) is 0 Å². The van der Waals surface area contributed by atoms with Crippen molar-refractivity contribution in [1.82, 2.24) is 4.57 Å². The average Bonchev–Trinajstić information content (AvgIpc) is 3.21. The van der Waals surface area contributed by atoms with Gasteiger partial charge in [-0.3, -0.25) is 0 Å². The molecule has 25 heavy (non-hydrogen) atoms. The van der Waals surface area contributed by atoms with E-state index in [0.29, 0.717) is 6.61 Å². The van der Waals surface area contributed by atoms with Gasteiger partial charge in [0.2, 0.25) is 0 Å². The maximum atomic E-state index is 6.49. The third-order valence-electron chi connectivity index (χ3n) is 4.93. The van der Waals surface area contributed by atoms with Crippen LogP contribution in [0.2, 0.25) is 5.02 Å². The first kappa shape index (κ1) is 14.8. The molecule has 122 valence electrons. The van der Waals surface area contributed by atoms with Gasteiger partial charge in [0.05, 0.1) is 12.1 Å². The van der Waals surface area contributed by atoms with Gasteiger partial charge < -0.3 is 9.30 Å². The molecule has 0 bridgehead atoms. The van der Waals surface area contributed by atoms with Crippen molar-refractivity contribution in [2.24, 2.45) is 0 Å². The van der Waals surface area contributed by atoms with E-state index >= 15 is 0 Å². The molecule has 1 unspecified atom stereocenters. The van der Waals surface area contributed by atoms with Crippen molar-refractivity contribution in [3.8, 4) is 0 Å². The number of aromatic nitrogens is 1. The summed E-state index contributed by atoms with van der Waals surface area (Å²) in [6, 6.07) is 29.0. The van der Waals surface area contributed by atoms with E-state index in [2.05, 4.69) is 71.3 Å². The van der Waals surface area contributed by atoms with Crippen molar-refractivity contribution in [3.63, 3.8) is 0 Å². The molecular weight excluding hydrogens is 330 g/mol. The van der Waals surface area contributed by atoms with Gasteiger partial charge in [-0.15, -0.1) is 0 Å². The smallest absolute Gasteiger partial charge is 0.198 e. The molecule has 3 aromatic carbocycles. The number of ether oxygens (including phenoxy) is 1. The van der Waals surface area contributed by atoms with Gasteiger partial charge in [-0.25, -0.2) is 0 Å². The maximum Gasteiger partial charge on any atom is 0.198 e. The molecule has 4 aromatic rings. The summed E-state index contributed by atoms with van der Waals surface area (Å²) in [5.74, 6) is 0. The Bertz CT molecular complexity index is 1050. The predicted octanol–water partition coefficient (Wildman–Crippen LogP) is 5.57. The van der Waals surface area contributed by atoms with Crippen LogP contribution in [0.5, 0.6) is 0 Å². The SMILES string of the molecule is Clc1ccc(C2(c3ccccc3)OCc3cc4ccccc4n32)cc1. The molecular formula is C22H16ClNO. The Morgan fingerprint density at radius 3 is 2.28 bits per heavy atom. The van der Waals surface area contributed by atoms with Crippen molar-refractivity contribution >= 4 is 22.5 Å². The normalized spacial score (nSPS) is 19.2. The summed E-state index contributed by atoms with van der Waals surface area (Å²) in [5.41, 5.74) is 3.86. The molecule has 0 saturated carbocycles. The first-order chi connectivity index (χ1) is 12.3. The van der Waals surface area contributed by atoms with Crippen LogP contribution < -0.4 is 0 Å². The fraction of sp³-hybridized carbons (Fsp3) is 0.0909. The first-order valence-electron chi connectivity index (χ1n) is 8.34. The zero-order valence-electron chi connectivity index (χ0n) is 13.5. The van der Waals surface area contributed by atoms with Crippen molar-refractivity contribution in [2.45, 2.75) is 12.3 Å². The largest absolute Gasteiger partial charge is 0.341 e. The van der Waals surface area contributed by atoms with Crippen LogP contribution in [0.1, 0.15) is 16.8 Å². The lowest BCUT2D eigenvalue weighted by molar-refractivity contribution is -0.00981. The third-order valence-corrected chi connectivity index (χ3v) is 5.18. The first-order valence-corrected chi connectivity index (χ1v) is 8.72. The van der Waals surface area contributed by atoms with Crippen LogP contribution in [-0.4, -0.2) is 4.57 Å². The van der Waals surface area contributed by atoms with Crippen molar-refractivity contribution in [2.75, 3.05) is 0 Å². The standard InChI is InChI=1S/C22H16ClNO/c23-19-12-10-18(11-13-19)22(17-7-2-1-3-8-17)24-20(15-25-22)14-16-6-4-5-9-21(16)24/h1-14H,15H2. The summed E-state index contributed by atoms with van der Waals surface area (Å²) in [6.45, 7) is 0.576.